The molecule has 1 unspecified atom stereocenters. The van der Waals surface area contributed by atoms with Crippen LogP contribution in [-0.2, 0) is 6.54 Å². The Hall–Kier alpha value is -3.37. The number of nitrogens with zero attached hydrogens (tertiary/aromatic N) is 1. The standard InChI is InChI=1S/C28H30N2O2/c31-26-15-13-23(14-16-26)24-17-19-30(20-24)21-25-11-4-5-12-27(25)28(32)29-18-7-6-10-22-8-2-1-3-9-22/h1-6,8-16,24,31H,7,17-21H2,(H,29,32)/b10-6+. The van der Waals surface area contributed by atoms with Crippen LogP contribution in [0.15, 0.2) is 84.9 Å². The van der Waals surface area contributed by atoms with E-state index in [-0.39, 0.29) is 5.91 Å². The molecule has 4 nitrogen and oxygen atoms in total. The summed E-state index contributed by atoms with van der Waals surface area (Å²) >= 11 is 0. The lowest BCUT2D eigenvalue weighted by Gasteiger charge is -2.18. The number of aromatic hydroxyl groups is 1. The second-order valence-corrected chi connectivity index (χ2v) is 8.33. The number of amides is 1. The lowest BCUT2D eigenvalue weighted by molar-refractivity contribution is 0.0952. The molecule has 1 aliphatic heterocycles. The molecule has 0 radical (unpaired) electrons. The first-order valence-electron chi connectivity index (χ1n) is 11.3. The van der Waals surface area contributed by atoms with Gasteiger partial charge in [-0.3, -0.25) is 9.69 Å². The molecule has 2 N–H and O–H groups in total. The molecule has 3 aromatic rings. The van der Waals surface area contributed by atoms with E-state index in [1.165, 1.54) is 11.1 Å². The third-order valence-electron chi connectivity index (χ3n) is 6.00. The number of rotatable bonds is 8. The lowest BCUT2D eigenvalue weighted by Crippen LogP contribution is -2.27. The largest absolute Gasteiger partial charge is 0.508 e. The molecule has 0 aliphatic carbocycles. The summed E-state index contributed by atoms with van der Waals surface area (Å²) in [5.41, 5.74) is 4.25. The summed E-state index contributed by atoms with van der Waals surface area (Å²) in [5.74, 6) is 0.759. The fraction of sp³-hybridized carbons (Fsp3) is 0.250. The van der Waals surface area contributed by atoms with Gasteiger partial charge in [0, 0.05) is 25.2 Å². The highest BCUT2D eigenvalue weighted by Crippen LogP contribution is 2.29. The molecular weight excluding hydrogens is 396 g/mol. The van der Waals surface area contributed by atoms with Gasteiger partial charge in [0.05, 0.1) is 0 Å². The van der Waals surface area contributed by atoms with E-state index in [1.807, 2.05) is 48.5 Å². The Kier molecular flexibility index (Phi) is 7.36. The fourth-order valence-corrected chi connectivity index (χ4v) is 4.26. The van der Waals surface area contributed by atoms with Crippen LogP contribution in [0, 0.1) is 0 Å². The molecule has 164 valence electrons. The number of phenols is 1. The normalized spacial score (nSPS) is 16.4. The molecule has 0 spiro atoms. The topological polar surface area (TPSA) is 52.6 Å². The van der Waals surface area contributed by atoms with Gasteiger partial charge in [-0.15, -0.1) is 0 Å². The van der Waals surface area contributed by atoms with Crippen molar-refractivity contribution in [3.05, 3.63) is 107 Å². The molecule has 32 heavy (non-hydrogen) atoms. The number of carbonyl (C=O) groups is 1. The molecule has 1 amide bonds. The van der Waals surface area contributed by atoms with E-state index in [9.17, 15) is 9.90 Å². The van der Waals surface area contributed by atoms with E-state index in [2.05, 4.69) is 40.6 Å². The molecule has 1 atom stereocenters. The predicted molar refractivity (Wildman–Crippen MR) is 130 cm³/mol. The van der Waals surface area contributed by atoms with Crippen molar-refractivity contribution in [2.24, 2.45) is 0 Å². The molecule has 0 aromatic heterocycles. The molecule has 3 aromatic carbocycles. The van der Waals surface area contributed by atoms with Gasteiger partial charge in [0.1, 0.15) is 5.75 Å². The second kappa shape index (κ2) is 10.8. The van der Waals surface area contributed by atoms with Gasteiger partial charge in [-0.2, -0.15) is 0 Å². The van der Waals surface area contributed by atoms with Crippen LogP contribution in [-0.4, -0.2) is 35.5 Å². The van der Waals surface area contributed by atoms with E-state index >= 15 is 0 Å². The molecule has 1 fully saturated rings. The summed E-state index contributed by atoms with van der Waals surface area (Å²) in [4.78, 5) is 15.2. The van der Waals surface area contributed by atoms with Crippen molar-refractivity contribution in [3.63, 3.8) is 0 Å². The van der Waals surface area contributed by atoms with Crippen molar-refractivity contribution >= 4 is 12.0 Å². The van der Waals surface area contributed by atoms with Gasteiger partial charge in [-0.05, 0) is 60.2 Å². The molecule has 4 rings (SSSR count). The van der Waals surface area contributed by atoms with Crippen LogP contribution < -0.4 is 5.32 Å². The van der Waals surface area contributed by atoms with Gasteiger partial charge < -0.3 is 10.4 Å². The highest BCUT2D eigenvalue weighted by atomic mass is 16.3. The Labute approximate surface area is 190 Å². The average molecular weight is 427 g/mol. The summed E-state index contributed by atoms with van der Waals surface area (Å²) in [6.45, 7) is 3.35. The van der Waals surface area contributed by atoms with Gasteiger partial charge in [0.2, 0.25) is 0 Å². The van der Waals surface area contributed by atoms with Crippen molar-refractivity contribution in [3.8, 4) is 5.75 Å². The predicted octanol–water partition coefficient (Wildman–Crippen LogP) is 5.22. The Morgan fingerprint density at radius 3 is 2.56 bits per heavy atom. The van der Waals surface area contributed by atoms with Crippen LogP contribution in [0.3, 0.4) is 0 Å². The number of phenolic OH excluding ortho intramolecular Hbond substituents is 1. The number of benzene rings is 3. The van der Waals surface area contributed by atoms with E-state index in [0.717, 1.165) is 43.6 Å². The Morgan fingerprint density at radius 2 is 1.75 bits per heavy atom. The zero-order valence-corrected chi connectivity index (χ0v) is 18.3. The third-order valence-corrected chi connectivity index (χ3v) is 6.00. The fourth-order valence-electron chi connectivity index (χ4n) is 4.26. The Morgan fingerprint density at radius 1 is 1.00 bits per heavy atom. The van der Waals surface area contributed by atoms with Crippen molar-refractivity contribution in [2.75, 3.05) is 19.6 Å². The molecular formula is C28H30N2O2. The van der Waals surface area contributed by atoms with Crippen LogP contribution in [0.2, 0.25) is 0 Å². The molecule has 1 aliphatic rings. The van der Waals surface area contributed by atoms with E-state index in [1.54, 1.807) is 12.1 Å². The quantitative estimate of drug-likeness (QED) is 0.486. The summed E-state index contributed by atoms with van der Waals surface area (Å²) in [5, 5.41) is 12.6. The monoisotopic (exact) mass is 426 g/mol. The molecule has 1 saturated heterocycles. The maximum absolute atomic E-state index is 12.8. The number of hydrogen-bond donors (Lipinski definition) is 2. The van der Waals surface area contributed by atoms with E-state index in [4.69, 9.17) is 0 Å². The van der Waals surface area contributed by atoms with Crippen molar-refractivity contribution in [1.29, 1.82) is 0 Å². The highest BCUT2D eigenvalue weighted by molar-refractivity contribution is 5.95. The van der Waals surface area contributed by atoms with Crippen molar-refractivity contribution in [1.82, 2.24) is 10.2 Å². The first-order valence-corrected chi connectivity index (χ1v) is 11.3. The minimum atomic E-state index is -0.0111. The van der Waals surface area contributed by atoms with E-state index in [0.29, 0.717) is 18.2 Å². The van der Waals surface area contributed by atoms with Gasteiger partial charge in [0.25, 0.3) is 5.91 Å². The minimum Gasteiger partial charge on any atom is -0.508 e. The number of likely N-dealkylation sites (tertiary alicyclic amines) is 1. The van der Waals surface area contributed by atoms with Crippen LogP contribution in [0.5, 0.6) is 5.75 Å². The van der Waals surface area contributed by atoms with Crippen LogP contribution in [0.4, 0.5) is 0 Å². The first-order chi connectivity index (χ1) is 15.7. The molecule has 0 bridgehead atoms. The van der Waals surface area contributed by atoms with E-state index < -0.39 is 0 Å². The number of nitrogens with one attached hydrogen (secondary N) is 1. The zero-order chi connectivity index (χ0) is 22.2. The van der Waals surface area contributed by atoms with Crippen LogP contribution >= 0.6 is 0 Å². The summed E-state index contributed by atoms with van der Waals surface area (Å²) in [6, 6.07) is 25.6. The summed E-state index contributed by atoms with van der Waals surface area (Å²) < 4.78 is 0. The zero-order valence-electron chi connectivity index (χ0n) is 18.3. The van der Waals surface area contributed by atoms with Crippen molar-refractivity contribution in [2.45, 2.75) is 25.3 Å². The van der Waals surface area contributed by atoms with Crippen LogP contribution in [0.25, 0.3) is 6.08 Å². The lowest BCUT2D eigenvalue weighted by atomic mass is 9.98. The third kappa shape index (κ3) is 5.86. The Balaban J connectivity index is 1.30. The van der Waals surface area contributed by atoms with Gasteiger partial charge in [-0.1, -0.05) is 72.8 Å². The first kappa shape index (κ1) is 21.8. The number of hydrogen-bond acceptors (Lipinski definition) is 3. The Bertz CT molecular complexity index is 1040. The minimum absolute atomic E-state index is 0.0111. The second-order valence-electron chi connectivity index (χ2n) is 8.33. The molecule has 1 heterocycles. The summed E-state index contributed by atoms with van der Waals surface area (Å²) in [7, 11) is 0. The van der Waals surface area contributed by atoms with Gasteiger partial charge >= 0.3 is 0 Å². The maximum atomic E-state index is 12.8. The SMILES string of the molecule is O=C(NCC/C=C/c1ccccc1)c1ccccc1CN1CCC(c2ccc(O)cc2)C1. The molecule has 4 heteroatoms. The van der Waals surface area contributed by atoms with Crippen molar-refractivity contribution < 1.29 is 9.90 Å². The van der Waals surface area contributed by atoms with Crippen LogP contribution in [0.1, 0.15) is 45.8 Å². The smallest absolute Gasteiger partial charge is 0.251 e. The number of carbonyl (C=O) groups excluding carboxylic acids is 1. The average Bonchev–Trinajstić information content (AvgIpc) is 3.29. The molecule has 0 saturated carbocycles. The van der Waals surface area contributed by atoms with Gasteiger partial charge in [-0.25, -0.2) is 0 Å². The summed E-state index contributed by atoms with van der Waals surface area (Å²) in [6.07, 6.45) is 6.06. The maximum Gasteiger partial charge on any atom is 0.251 e. The highest BCUT2D eigenvalue weighted by Gasteiger charge is 2.25. The van der Waals surface area contributed by atoms with Gasteiger partial charge in [0.15, 0.2) is 0 Å².